The summed E-state index contributed by atoms with van der Waals surface area (Å²) < 4.78 is 88.9. The van der Waals surface area contributed by atoms with Gasteiger partial charge in [-0.15, -0.1) is 0 Å². The molecule has 9 nitrogen and oxygen atoms in total. The van der Waals surface area contributed by atoms with Gasteiger partial charge in [0.2, 0.25) is 15.9 Å². The van der Waals surface area contributed by atoms with Gasteiger partial charge in [0, 0.05) is 83.5 Å². The number of sulfonamides is 1. The van der Waals surface area contributed by atoms with Gasteiger partial charge >= 0.3 is 0 Å². The molecule has 1 atom stereocenters. The van der Waals surface area contributed by atoms with Crippen LogP contribution in [0.3, 0.4) is 0 Å². The number of anilines is 1. The van der Waals surface area contributed by atoms with Gasteiger partial charge in [0.1, 0.15) is 0 Å². The highest BCUT2D eigenvalue weighted by Crippen LogP contribution is 2.36. The van der Waals surface area contributed by atoms with Crippen molar-refractivity contribution < 1.29 is 25.6 Å². The van der Waals surface area contributed by atoms with Crippen molar-refractivity contribution in [3.05, 3.63) is 58.6 Å². The number of fused-ring (bicyclic) bond motifs is 1. The quantitative estimate of drug-likeness (QED) is 0.372. The van der Waals surface area contributed by atoms with Crippen LogP contribution < -0.4 is 4.90 Å². The highest BCUT2D eigenvalue weighted by Gasteiger charge is 2.37. The van der Waals surface area contributed by atoms with Gasteiger partial charge < -0.3 is 9.80 Å². The molecule has 0 aromatic heterocycles. The van der Waals surface area contributed by atoms with Crippen LogP contribution in [0.15, 0.2) is 47.4 Å². The van der Waals surface area contributed by atoms with Crippen molar-refractivity contribution in [2.75, 3.05) is 71.4 Å². The second-order valence-electron chi connectivity index (χ2n) is 14.0. The average Bonchev–Trinajstić information content (AvgIpc) is 3.03. The molecule has 1 saturated carbocycles. The van der Waals surface area contributed by atoms with E-state index in [1.54, 1.807) is 30.3 Å². The molecule has 14 heteroatoms. The number of hydrogen-bond acceptors (Lipinski definition) is 6. The van der Waals surface area contributed by atoms with E-state index in [2.05, 4.69) is 4.90 Å². The third-order valence-corrected chi connectivity index (χ3v) is 14.0. The molecule has 0 amide bonds. The third kappa shape index (κ3) is 9.26. The summed E-state index contributed by atoms with van der Waals surface area (Å²) in [7, 11) is -3.96. The van der Waals surface area contributed by atoms with E-state index >= 15 is 0 Å². The molecule has 5 rings (SSSR count). The number of benzene rings is 2. The maximum Gasteiger partial charge on any atom is 0.282 e. The molecule has 1 saturated heterocycles. The Morgan fingerprint density at radius 3 is 2.10 bits per heavy atom. The lowest BCUT2D eigenvalue weighted by Gasteiger charge is -2.37. The van der Waals surface area contributed by atoms with Crippen molar-refractivity contribution in [2.24, 2.45) is 11.8 Å². The number of hydrogen-bond donors (Lipinski definition) is 0. The van der Waals surface area contributed by atoms with Crippen molar-refractivity contribution in [3.63, 3.8) is 0 Å². The Labute approximate surface area is 291 Å². The molecule has 3 aliphatic rings. The van der Waals surface area contributed by atoms with E-state index in [1.165, 1.54) is 12.9 Å². The van der Waals surface area contributed by atoms with Gasteiger partial charge in [-0.05, 0) is 105 Å². The van der Waals surface area contributed by atoms with Crippen LogP contribution in [0.1, 0.15) is 56.6 Å². The molecule has 0 spiro atoms. The van der Waals surface area contributed by atoms with Crippen molar-refractivity contribution >= 4 is 37.5 Å². The first-order chi connectivity index (χ1) is 22.6. The van der Waals surface area contributed by atoms with Gasteiger partial charge in [-0.25, -0.2) is 17.2 Å². The zero-order chi connectivity index (χ0) is 34.7. The summed E-state index contributed by atoms with van der Waals surface area (Å²) in [5, 5.41) is 0.626. The Kier molecular flexibility index (Phi) is 12.1. The predicted octanol–water partition coefficient (Wildman–Crippen LogP) is 5.56. The highest BCUT2D eigenvalue weighted by molar-refractivity contribution is 7.89. The van der Waals surface area contributed by atoms with Crippen LogP contribution in [0.4, 0.5) is 14.5 Å². The van der Waals surface area contributed by atoms with Gasteiger partial charge in [-0.1, -0.05) is 24.6 Å². The minimum atomic E-state index is -3.88. The Bertz CT molecular complexity index is 1600. The molecule has 2 aliphatic heterocycles. The number of rotatable bonds is 7. The van der Waals surface area contributed by atoms with E-state index in [-0.39, 0.29) is 62.3 Å². The number of nitrogens with zero attached hydrogens (tertiary/aromatic N) is 5. The van der Waals surface area contributed by atoms with Crippen LogP contribution in [-0.4, -0.2) is 107 Å². The summed E-state index contributed by atoms with van der Waals surface area (Å²) in [6.45, 7) is 5.25. The number of alkyl halides is 2. The largest absolute Gasteiger partial charge is 0.378 e. The van der Waals surface area contributed by atoms with Crippen molar-refractivity contribution in [1.82, 2.24) is 17.8 Å². The zero-order valence-electron chi connectivity index (χ0n) is 28.3. The van der Waals surface area contributed by atoms with E-state index in [0.717, 1.165) is 16.8 Å². The first-order valence-electron chi connectivity index (χ1n) is 17.0. The topological polar surface area (TPSA) is 84.5 Å². The summed E-state index contributed by atoms with van der Waals surface area (Å²) in [5.74, 6) is -2.75. The molecule has 0 N–H and O–H groups in total. The van der Waals surface area contributed by atoms with E-state index in [4.69, 9.17) is 11.6 Å². The summed E-state index contributed by atoms with van der Waals surface area (Å²) in [4.78, 5) is 4.33. The summed E-state index contributed by atoms with van der Waals surface area (Å²) in [6, 6.07) is 12.3. The van der Waals surface area contributed by atoms with Crippen molar-refractivity contribution in [3.8, 4) is 0 Å². The molecule has 2 fully saturated rings. The van der Waals surface area contributed by atoms with Crippen LogP contribution >= 0.6 is 11.6 Å². The smallest absolute Gasteiger partial charge is 0.282 e. The van der Waals surface area contributed by atoms with Crippen LogP contribution in [0, 0.1) is 11.8 Å². The molecular weight excluding hydrogens is 680 g/mol. The Hall–Kier alpha value is -1.87. The van der Waals surface area contributed by atoms with Crippen molar-refractivity contribution in [1.29, 1.82) is 0 Å². The predicted molar refractivity (Wildman–Crippen MR) is 187 cm³/mol. The fourth-order valence-electron chi connectivity index (χ4n) is 7.17. The average molecular weight is 730 g/mol. The van der Waals surface area contributed by atoms with Gasteiger partial charge in [-0.3, -0.25) is 0 Å². The first kappa shape index (κ1) is 37.4. The molecule has 0 bridgehead atoms. The molecule has 0 unspecified atom stereocenters. The van der Waals surface area contributed by atoms with Crippen LogP contribution in [0.5, 0.6) is 0 Å². The SMILES string of the molecule is C[C@H]1CN(S(=O)(=O)c2ccc(N(C)C)cc2)CCCN(CC2CCC(F)(F)CC2)CCCN(S(=O)(=O)N2CCc3cc(Cl)ccc3C2)C1. The maximum absolute atomic E-state index is 14.2. The zero-order valence-corrected chi connectivity index (χ0v) is 30.7. The molecule has 2 aromatic carbocycles. The molecule has 268 valence electrons. The second kappa shape index (κ2) is 15.6. The van der Waals surface area contributed by atoms with Gasteiger partial charge in [0.25, 0.3) is 10.2 Å². The summed E-state index contributed by atoms with van der Waals surface area (Å²) in [5.41, 5.74) is 2.86. The maximum atomic E-state index is 14.2. The standard InChI is InChI=1S/C34H50ClF2N5O4S2/c1-27-23-40(47(43,44)33-10-8-32(9-11-33)38(2)3)19-4-17-39(25-28-12-15-34(36,37)16-13-28)18-5-20-41(24-27)48(45,46)42-21-14-29-22-31(35)7-6-30(29)26-42/h6-11,22,27-28H,4-5,12-21,23-26H2,1-3H3/t27-/m0/s1. The minimum Gasteiger partial charge on any atom is -0.378 e. The summed E-state index contributed by atoms with van der Waals surface area (Å²) in [6.07, 6.45) is 2.42. The fourth-order valence-corrected chi connectivity index (χ4v) is 10.7. The molecular formula is C34H50ClF2N5O4S2. The van der Waals surface area contributed by atoms with Crippen LogP contribution in [-0.2, 0) is 33.2 Å². The third-order valence-electron chi connectivity index (χ3n) is 9.94. The van der Waals surface area contributed by atoms with E-state index in [0.29, 0.717) is 63.3 Å². The minimum absolute atomic E-state index is 0.112. The van der Waals surface area contributed by atoms with E-state index in [9.17, 15) is 25.6 Å². The lowest BCUT2D eigenvalue weighted by molar-refractivity contribution is -0.0489. The fraction of sp³-hybridized carbons (Fsp3) is 0.647. The van der Waals surface area contributed by atoms with Gasteiger partial charge in [0.05, 0.1) is 4.90 Å². The molecule has 0 radical (unpaired) electrons. The second-order valence-corrected chi connectivity index (χ2v) is 18.3. The molecule has 2 aromatic rings. The molecule has 1 aliphatic carbocycles. The van der Waals surface area contributed by atoms with Crippen molar-refractivity contribution in [2.45, 2.75) is 69.2 Å². The van der Waals surface area contributed by atoms with Gasteiger partial charge in [0.15, 0.2) is 0 Å². The highest BCUT2D eigenvalue weighted by atomic mass is 35.5. The molecule has 2 heterocycles. The van der Waals surface area contributed by atoms with Crippen LogP contribution in [0.2, 0.25) is 5.02 Å². The lowest BCUT2D eigenvalue weighted by atomic mass is 9.86. The Morgan fingerprint density at radius 1 is 0.833 bits per heavy atom. The van der Waals surface area contributed by atoms with Gasteiger partial charge in [-0.2, -0.15) is 21.3 Å². The Balaban J connectivity index is 1.38. The first-order valence-corrected chi connectivity index (χ1v) is 20.3. The summed E-state index contributed by atoms with van der Waals surface area (Å²) >= 11 is 6.19. The monoisotopic (exact) mass is 729 g/mol. The molecule has 48 heavy (non-hydrogen) atoms. The normalized spacial score (nSPS) is 23.6. The van der Waals surface area contributed by atoms with E-state index < -0.39 is 26.2 Å². The Morgan fingerprint density at radius 2 is 1.46 bits per heavy atom. The lowest BCUT2D eigenvalue weighted by Crippen LogP contribution is -2.49. The van der Waals surface area contributed by atoms with E-state index in [1.807, 2.05) is 38.1 Å². The van der Waals surface area contributed by atoms with Crippen LogP contribution in [0.25, 0.3) is 0 Å². The number of halogens is 3.